The third-order valence-electron chi connectivity index (χ3n) is 10.6. The molecule has 48 heavy (non-hydrogen) atoms. The van der Waals surface area contributed by atoms with Gasteiger partial charge < -0.3 is 20.4 Å². The highest BCUT2D eigenvalue weighted by molar-refractivity contribution is 6.33. The molecule has 252 valence electrons. The molecule has 4 aromatic rings. The number of fused-ring (bicyclic) bond motifs is 1. The van der Waals surface area contributed by atoms with Crippen LogP contribution >= 0.6 is 11.6 Å². The van der Waals surface area contributed by atoms with Crippen LogP contribution in [0, 0.1) is 25.6 Å². The molecule has 0 atom stereocenters. The fraction of sp³-hybridized carbons (Fsp3) is 0.459. The number of anilines is 3. The minimum Gasteiger partial charge on any atom is -0.369 e. The Kier molecular flexibility index (Phi) is 9.13. The molecule has 2 N–H and O–H groups in total. The lowest BCUT2D eigenvalue weighted by atomic mass is 9.83. The number of nitrogens with one attached hydrogen (secondary N) is 2. The van der Waals surface area contributed by atoms with Crippen LogP contribution in [0.3, 0.4) is 0 Å². The zero-order valence-electron chi connectivity index (χ0n) is 27.9. The van der Waals surface area contributed by atoms with Gasteiger partial charge in [-0.05, 0) is 94.8 Å². The first-order valence-electron chi connectivity index (χ1n) is 17.2. The number of hydrogen-bond donors (Lipinski definition) is 2. The van der Waals surface area contributed by atoms with E-state index in [1.165, 1.54) is 11.8 Å². The number of hydrogen-bond acceptors (Lipinski definition) is 7. The van der Waals surface area contributed by atoms with E-state index in [-0.39, 0.29) is 34.5 Å². The van der Waals surface area contributed by atoms with E-state index in [1.54, 1.807) is 22.9 Å². The predicted octanol–water partition coefficient (Wildman–Crippen LogP) is 6.76. The first-order chi connectivity index (χ1) is 23.2. The molecule has 9 nitrogen and oxygen atoms in total. The van der Waals surface area contributed by atoms with E-state index < -0.39 is 5.82 Å². The summed E-state index contributed by atoms with van der Waals surface area (Å²) < 4.78 is 16.4. The van der Waals surface area contributed by atoms with Crippen molar-refractivity contribution in [2.75, 3.05) is 43.4 Å². The SMILES string of the molecule is Cc1cc(Nc2ncc3c(C)c(-c4cccc(F)c4Cl)c(=O)n([C@H]4CC[C@@H](NC(=O)C5CCC5)CC4)c3n2)ccc1N1CCN(C)CC1. The largest absolute Gasteiger partial charge is 0.369 e. The summed E-state index contributed by atoms with van der Waals surface area (Å²) in [6.45, 7) is 8.02. The van der Waals surface area contributed by atoms with Crippen molar-refractivity contribution in [3.05, 3.63) is 74.9 Å². The molecule has 7 rings (SSSR count). The third-order valence-corrected chi connectivity index (χ3v) is 11.0. The lowest BCUT2D eigenvalue weighted by Gasteiger charge is -2.35. The van der Waals surface area contributed by atoms with Gasteiger partial charge in [-0.15, -0.1) is 0 Å². The molecule has 0 radical (unpaired) electrons. The summed E-state index contributed by atoms with van der Waals surface area (Å²) in [7, 11) is 2.15. The molecule has 2 aromatic heterocycles. The Morgan fingerprint density at radius 3 is 2.44 bits per heavy atom. The van der Waals surface area contributed by atoms with Crippen LogP contribution in [-0.2, 0) is 4.79 Å². The number of rotatable bonds is 7. The second-order valence-corrected chi connectivity index (χ2v) is 14.1. The van der Waals surface area contributed by atoms with Gasteiger partial charge in [-0.25, -0.2) is 9.37 Å². The standard InChI is InChI=1S/C37H43ClFN7O2/c1-22-20-26(12-15-31(22)45-18-16-44(3)17-19-45)42-37-40-21-29-23(2)32(28-8-5-9-30(39)33(28)38)36(48)46(34(29)43-37)27-13-10-25(11-14-27)41-35(47)24-6-4-7-24/h5,8-9,12,15,20-21,24-25,27H,4,6-7,10-11,13-14,16-19H2,1-3H3,(H,41,47)(H,40,42,43)/t25-,27+. The van der Waals surface area contributed by atoms with Crippen LogP contribution in [0.4, 0.5) is 21.7 Å². The average Bonchev–Trinajstić information content (AvgIpc) is 3.04. The van der Waals surface area contributed by atoms with Gasteiger partial charge in [0.25, 0.3) is 5.56 Å². The molecule has 3 heterocycles. The van der Waals surface area contributed by atoms with Crippen LogP contribution in [0.1, 0.15) is 62.1 Å². The Morgan fingerprint density at radius 1 is 1.00 bits per heavy atom. The number of pyridine rings is 1. The summed E-state index contributed by atoms with van der Waals surface area (Å²) in [6.07, 6.45) is 7.70. The monoisotopic (exact) mass is 671 g/mol. The summed E-state index contributed by atoms with van der Waals surface area (Å²) in [5, 5.41) is 7.24. The number of benzene rings is 2. The van der Waals surface area contributed by atoms with Crippen LogP contribution in [0.5, 0.6) is 0 Å². The first-order valence-corrected chi connectivity index (χ1v) is 17.5. The zero-order valence-corrected chi connectivity index (χ0v) is 28.6. The lowest BCUT2D eigenvalue weighted by molar-refractivity contribution is -0.128. The molecule has 3 aliphatic rings. The third kappa shape index (κ3) is 6.28. The van der Waals surface area contributed by atoms with E-state index in [4.69, 9.17) is 16.6 Å². The highest BCUT2D eigenvalue weighted by Gasteiger charge is 2.31. The van der Waals surface area contributed by atoms with E-state index in [2.05, 4.69) is 51.5 Å². The quantitative estimate of drug-likeness (QED) is 0.224. The lowest BCUT2D eigenvalue weighted by Crippen LogP contribution is -2.44. The molecule has 1 saturated heterocycles. The molecule has 1 amide bonds. The molecule has 3 fully saturated rings. The average molecular weight is 672 g/mol. The molecule has 2 aliphatic carbocycles. The second kappa shape index (κ2) is 13.5. The van der Waals surface area contributed by atoms with Crippen molar-refractivity contribution in [2.24, 2.45) is 5.92 Å². The van der Waals surface area contributed by atoms with Gasteiger partial charge in [0.2, 0.25) is 11.9 Å². The molecule has 1 aliphatic heterocycles. The summed E-state index contributed by atoms with van der Waals surface area (Å²) in [4.78, 5) is 41.5. The molecule has 2 aromatic carbocycles. The number of nitrogens with zero attached hydrogens (tertiary/aromatic N) is 5. The summed E-state index contributed by atoms with van der Waals surface area (Å²) >= 11 is 6.46. The van der Waals surface area contributed by atoms with Crippen molar-refractivity contribution in [3.63, 3.8) is 0 Å². The van der Waals surface area contributed by atoms with E-state index in [0.29, 0.717) is 46.5 Å². The van der Waals surface area contributed by atoms with Gasteiger partial charge in [-0.1, -0.05) is 30.2 Å². The van der Waals surface area contributed by atoms with Gasteiger partial charge in [0.05, 0.1) is 10.6 Å². The van der Waals surface area contributed by atoms with E-state index >= 15 is 0 Å². The Labute approximate surface area is 285 Å². The van der Waals surface area contributed by atoms with Gasteiger partial charge in [0, 0.05) is 72.7 Å². The zero-order chi connectivity index (χ0) is 33.5. The molecule has 0 spiro atoms. The van der Waals surface area contributed by atoms with E-state index in [9.17, 15) is 14.0 Å². The van der Waals surface area contributed by atoms with Gasteiger partial charge in [-0.3, -0.25) is 14.2 Å². The van der Waals surface area contributed by atoms with Crippen molar-refractivity contribution >= 4 is 45.9 Å². The van der Waals surface area contributed by atoms with Crippen molar-refractivity contribution in [3.8, 4) is 11.1 Å². The normalized spacial score (nSPS) is 20.5. The van der Waals surface area contributed by atoms with Crippen LogP contribution in [0.2, 0.25) is 5.02 Å². The second-order valence-electron chi connectivity index (χ2n) is 13.8. The highest BCUT2D eigenvalue weighted by atomic mass is 35.5. The van der Waals surface area contributed by atoms with Crippen molar-refractivity contribution in [1.29, 1.82) is 0 Å². The number of halogens is 2. The maximum atomic E-state index is 14.7. The number of carbonyl (C=O) groups excluding carboxylic acids is 1. The van der Waals surface area contributed by atoms with E-state index in [0.717, 1.165) is 69.5 Å². The van der Waals surface area contributed by atoms with Gasteiger partial charge in [-0.2, -0.15) is 4.98 Å². The minimum atomic E-state index is -0.577. The van der Waals surface area contributed by atoms with Gasteiger partial charge >= 0.3 is 0 Å². The Balaban J connectivity index is 1.23. The molecule has 0 unspecified atom stereocenters. The van der Waals surface area contributed by atoms with Crippen LogP contribution in [0.15, 0.2) is 47.4 Å². The number of carbonyl (C=O) groups is 1. The number of likely N-dealkylation sites (N-methyl/N-ethyl adjacent to an activating group) is 1. The molecular weight excluding hydrogens is 629 g/mol. The molecule has 11 heteroatoms. The number of piperazine rings is 1. The number of aromatic nitrogens is 3. The summed E-state index contributed by atoms with van der Waals surface area (Å²) in [5.41, 5.74) is 4.88. The smallest absolute Gasteiger partial charge is 0.260 e. The molecule has 0 bridgehead atoms. The molecular formula is C37H43ClFN7O2. The summed E-state index contributed by atoms with van der Waals surface area (Å²) in [5.74, 6) is 0.104. The van der Waals surface area contributed by atoms with Crippen LogP contribution < -0.4 is 21.1 Å². The summed E-state index contributed by atoms with van der Waals surface area (Å²) in [6, 6.07) is 10.8. The molecule has 2 saturated carbocycles. The minimum absolute atomic E-state index is 0.0828. The highest BCUT2D eigenvalue weighted by Crippen LogP contribution is 2.37. The van der Waals surface area contributed by atoms with E-state index in [1.807, 2.05) is 13.0 Å². The Bertz CT molecular complexity index is 1910. The Morgan fingerprint density at radius 2 is 1.75 bits per heavy atom. The maximum absolute atomic E-state index is 14.7. The van der Waals surface area contributed by atoms with Crippen LogP contribution in [-0.4, -0.2) is 64.6 Å². The van der Waals surface area contributed by atoms with Gasteiger partial charge in [0.1, 0.15) is 11.5 Å². The van der Waals surface area contributed by atoms with Crippen LogP contribution in [0.25, 0.3) is 22.2 Å². The number of amides is 1. The van der Waals surface area contributed by atoms with Crippen molar-refractivity contribution in [2.45, 2.75) is 70.9 Å². The first kappa shape index (κ1) is 32.5. The Hall–Kier alpha value is -4.02. The predicted molar refractivity (Wildman–Crippen MR) is 190 cm³/mol. The van der Waals surface area contributed by atoms with Crippen molar-refractivity contribution in [1.82, 2.24) is 24.8 Å². The van der Waals surface area contributed by atoms with Gasteiger partial charge in [0.15, 0.2) is 0 Å². The maximum Gasteiger partial charge on any atom is 0.260 e. The number of aryl methyl sites for hydroxylation is 2. The fourth-order valence-electron chi connectivity index (χ4n) is 7.48. The fourth-order valence-corrected chi connectivity index (χ4v) is 7.70. The topological polar surface area (TPSA) is 95.4 Å². The van der Waals surface area contributed by atoms with Crippen molar-refractivity contribution < 1.29 is 9.18 Å².